The zero-order valence-corrected chi connectivity index (χ0v) is 27.4. The highest BCUT2D eigenvalue weighted by Crippen LogP contribution is 2.33. The van der Waals surface area contributed by atoms with E-state index in [0.29, 0.717) is 12.5 Å². The second kappa shape index (κ2) is 13.3. The summed E-state index contributed by atoms with van der Waals surface area (Å²) in [6.45, 7) is 4.63. The Kier molecular flexibility index (Phi) is 8.07. The molecule has 1 fully saturated rings. The summed E-state index contributed by atoms with van der Waals surface area (Å²) in [5.74, 6) is 2.14. The minimum Gasteiger partial charge on any atom is -0.381 e. The summed E-state index contributed by atoms with van der Waals surface area (Å²) in [4.78, 5) is 33.1. The maximum Gasteiger partial charge on any atom is 0.143 e. The van der Waals surface area contributed by atoms with E-state index in [0.717, 1.165) is 109 Å². The third-order valence-corrected chi connectivity index (χ3v) is 9.64. The van der Waals surface area contributed by atoms with Crippen LogP contribution in [-0.4, -0.2) is 68.8 Å². The summed E-state index contributed by atoms with van der Waals surface area (Å²) < 4.78 is 10.9. The minimum absolute atomic E-state index is 0.506. The number of benzene rings is 2. The summed E-state index contributed by atoms with van der Waals surface area (Å²) in [6, 6.07) is 16.9. The van der Waals surface area contributed by atoms with Crippen LogP contribution in [0.2, 0.25) is 0 Å². The molecule has 1 saturated heterocycles. The molecule has 0 unspecified atom stereocenters. The number of anilines is 4. The fraction of sp³-hybridized carbons (Fsp3) is 0.263. The highest BCUT2D eigenvalue weighted by atomic mass is 16.5. The predicted molar refractivity (Wildman–Crippen MR) is 196 cm³/mol. The monoisotopic (exact) mass is 664 g/mol. The van der Waals surface area contributed by atoms with Crippen LogP contribution in [0.25, 0.3) is 27.6 Å². The smallest absolute Gasteiger partial charge is 0.143 e. The van der Waals surface area contributed by atoms with Gasteiger partial charge in [0.05, 0.1) is 37.1 Å². The number of aromatic amines is 2. The second-order valence-corrected chi connectivity index (χ2v) is 12.8. The van der Waals surface area contributed by atoms with Gasteiger partial charge in [-0.25, -0.2) is 19.9 Å². The first-order valence-corrected chi connectivity index (χ1v) is 17.1. The molecule has 8 heterocycles. The van der Waals surface area contributed by atoms with Gasteiger partial charge in [0.25, 0.3) is 0 Å². The van der Waals surface area contributed by atoms with Crippen molar-refractivity contribution in [3.63, 3.8) is 0 Å². The maximum atomic E-state index is 5.47. The van der Waals surface area contributed by atoms with E-state index in [4.69, 9.17) is 9.47 Å². The summed E-state index contributed by atoms with van der Waals surface area (Å²) in [5, 5.41) is 8.86. The van der Waals surface area contributed by atoms with Gasteiger partial charge in [-0.05, 0) is 83.5 Å². The predicted octanol–water partition coefficient (Wildman–Crippen LogP) is 6.97. The molecule has 12 nitrogen and oxygen atoms in total. The Morgan fingerprint density at radius 2 is 1.30 bits per heavy atom. The molecule has 250 valence electrons. The first-order valence-electron chi connectivity index (χ1n) is 17.1. The number of hydrogen-bond donors (Lipinski definition) is 4. The molecular formula is C38H36N10O2. The van der Waals surface area contributed by atoms with E-state index in [-0.39, 0.29) is 0 Å². The number of nitrogens with zero attached hydrogens (tertiary/aromatic N) is 6. The van der Waals surface area contributed by atoms with E-state index in [9.17, 15) is 0 Å². The Hall–Kier alpha value is -5.72. The molecule has 4 aliphatic rings. The minimum atomic E-state index is 0.506. The van der Waals surface area contributed by atoms with Crippen LogP contribution in [0, 0.1) is 0 Å². The van der Waals surface area contributed by atoms with Crippen LogP contribution in [0.3, 0.4) is 0 Å². The summed E-state index contributed by atoms with van der Waals surface area (Å²) in [5.41, 5.74) is 12.2. The van der Waals surface area contributed by atoms with Crippen LogP contribution in [0.1, 0.15) is 58.8 Å². The molecule has 4 aromatic heterocycles. The normalized spacial score (nSPS) is 16.6. The van der Waals surface area contributed by atoms with Gasteiger partial charge in [0.15, 0.2) is 0 Å². The van der Waals surface area contributed by atoms with Crippen molar-refractivity contribution in [2.75, 3.05) is 37.1 Å². The van der Waals surface area contributed by atoms with Crippen LogP contribution in [0.4, 0.5) is 23.0 Å². The quantitative estimate of drug-likeness (QED) is 0.149. The van der Waals surface area contributed by atoms with Crippen molar-refractivity contribution >= 4 is 63.1 Å². The van der Waals surface area contributed by atoms with Crippen molar-refractivity contribution in [1.29, 1.82) is 0 Å². The highest BCUT2D eigenvalue weighted by molar-refractivity contribution is 5.93. The molecule has 4 N–H and O–H groups in total. The molecule has 6 aromatic rings. The van der Waals surface area contributed by atoms with Gasteiger partial charge in [-0.2, -0.15) is 0 Å². The van der Waals surface area contributed by atoms with Gasteiger partial charge in [0.2, 0.25) is 0 Å². The number of aromatic nitrogens is 6. The Bertz CT molecular complexity index is 2300. The summed E-state index contributed by atoms with van der Waals surface area (Å²) in [7, 11) is 0. The molecule has 0 atom stereocenters. The van der Waals surface area contributed by atoms with E-state index in [1.165, 1.54) is 28.0 Å². The third kappa shape index (κ3) is 6.14. The van der Waals surface area contributed by atoms with Crippen molar-refractivity contribution in [2.24, 2.45) is 9.98 Å². The largest absolute Gasteiger partial charge is 0.381 e. The lowest BCUT2D eigenvalue weighted by atomic mass is 9.97. The number of ether oxygens (including phenoxy) is 2. The molecule has 0 radical (unpaired) electrons. The van der Waals surface area contributed by atoms with Gasteiger partial charge in [-0.15, -0.1) is 0 Å². The zero-order chi connectivity index (χ0) is 33.3. The SMILES string of the molecule is C1=NCc2ccc(Nc3ncnc4[nH]c(C5=CCOCC5)cc34)cc21.C1=NCc2ccc(Nc3ncnc4[nH]c(C5CCOCC5)cc34)cc21. The second-order valence-electron chi connectivity index (χ2n) is 12.8. The van der Waals surface area contributed by atoms with Gasteiger partial charge in [-0.1, -0.05) is 18.2 Å². The number of hydrogen-bond acceptors (Lipinski definition) is 10. The van der Waals surface area contributed by atoms with Crippen molar-refractivity contribution < 1.29 is 9.47 Å². The van der Waals surface area contributed by atoms with Crippen LogP contribution in [-0.2, 0) is 22.6 Å². The standard InChI is InChI=1S/C19H19N5O.C19H17N5O/c2*1-2-15(7-14-10-20-9-13(1)14)23-18-16-8-17(12-3-5-25-6-4-12)24-19(16)22-11-21-18/h1-2,7-8,10-12H,3-6,9H2,(H2,21,22,23,24);1-3,7-8,10-11H,4-6,9H2,(H2,21,22,23,24). The molecule has 12 heteroatoms. The number of fused-ring (bicyclic) bond motifs is 4. The topological polar surface area (TPSA) is 150 Å². The van der Waals surface area contributed by atoms with Crippen molar-refractivity contribution in [1.82, 2.24) is 29.9 Å². The van der Waals surface area contributed by atoms with Crippen molar-refractivity contribution in [3.8, 4) is 0 Å². The molecule has 0 aliphatic carbocycles. The van der Waals surface area contributed by atoms with E-state index >= 15 is 0 Å². The molecule has 4 aliphatic heterocycles. The van der Waals surface area contributed by atoms with Gasteiger partial charge < -0.3 is 30.1 Å². The molecule has 2 aromatic carbocycles. The Labute approximate surface area is 288 Å². The van der Waals surface area contributed by atoms with E-state index in [1.807, 2.05) is 12.4 Å². The number of H-pyrrole nitrogens is 2. The van der Waals surface area contributed by atoms with Gasteiger partial charge in [0.1, 0.15) is 35.6 Å². The summed E-state index contributed by atoms with van der Waals surface area (Å²) >= 11 is 0. The van der Waals surface area contributed by atoms with Crippen molar-refractivity contribution in [2.45, 2.75) is 38.3 Å². The van der Waals surface area contributed by atoms with Crippen molar-refractivity contribution in [3.05, 3.63) is 101 Å². The average Bonchev–Trinajstić information content (AvgIpc) is 3.99. The Morgan fingerprint density at radius 1 is 0.660 bits per heavy atom. The van der Waals surface area contributed by atoms with E-state index in [2.05, 4.69) is 105 Å². The first-order chi connectivity index (χ1) is 24.7. The number of nitrogens with one attached hydrogen (secondary N) is 4. The fourth-order valence-corrected chi connectivity index (χ4v) is 6.90. The molecule has 0 saturated carbocycles. The third-order valence-electron chi connectivity index (χ3n) is 9.64. The van der Waals surface area contributed by atoms with E-state index in [1.54, 1.807) is 12.7 Å². The Balaban J connectivity index is 0.000000135. The van der Waals surface area contributed by atoms with E-state index < -0.39 is 0 Å². The number of aliphatic imine (C=N–C) groups is 2. The average molecular weight is 665 g/mol. The molecule has 0 amide bonds. The lowest BCUT2D eigenvalue weighted by Gasteiger charge is -2.20. The highest BCUT2D eigenvalue weighted by Gasteiger charge is 2.20. The molecule has 50 heavy (non-hydrogen) atoms. The molecular weight excluding hydrogens is 628 g/mol. The molecule has 10 rings (SSSR count). The van der Waals surface area contributed by atoms with Crippen LogP contribution in [0.15, 0.2) is 77.2 Å². The van der Waals surface area contributed by atoms with Crippen LogP contribution >= 0.6 is 0 Å². The van der Waals surface area contributed by atoms with Crippen LogP contribution < -0.4 is 10.6 Å². The number of rotatable bonds is 6. The Morgan fingerprint density at radius 3 is 1.94 bits per heavy atom. The first kappa shape index (κ1) is 30.3. The lowest BCUT2D eigenvalue weighted by molar-refractivity contribution is 0.0846. The molecule has 0 bridgehead atoms. The maximum absolute atomic E-state index is 5.47. The molecule has 0 spiro atoms. The van der Waals surface area contributed by atoms with Gasteiger partial charge in [0, 0.05) is 54.3 Å². The van der Waals surface area contributed by atoms with Gasteiger partial charge >= 0.3 is 0 Å². The fourth-order valence-electron chi connectivity index (χ4n) is 6.90. The lowest BCUT2D eigenvalue weighted by Crippen LogP contribution is -2.14. The van der Waals surface area contributed by atoms with Gasteiger partial charge in [-0.3, -0.25) is 9.98 Å². The zero-order valence-electron chi connectivity index (χ0n) is 27.4. The summed E-state index contributed by atoms with van der Waals surface area (Å²) in [6.07, 6.45) is 12.2. The van der Waals surface area contributed by atoms with Crippen LogP contribution in [0.5, 0.6) is 0 Å².